The van der Waals surface area contributed by atoms with E-state index >= 15 is 0 Å². The van der Waals surface area contributed by atoms with Crippen molar-refractivity contribution in [2.45, 2.75) is 32.7 Å². The number of nitrogens with zero attached hydrogens (tertiary/aromatic N) is 2. The molecule has 2 rings (SSSR count). The second-order valence-corrected chi connectivity index (χ2v) is 4.49. The Kier molecular flexibility index (Phi) is 4.20. The molecule has 0 aliphatic rings. The van der Waals surface area contributed by atoms with E-state index in [1.165, 1.54) is 11.1 Å². The first-order valence-electron chi connectivity index (χ1n) is 6.54. The van der Waals surface area contributed by atoms with Gasteiger partial charge in [0.15, 0.2) is 0 Å². The predicted octanol–water partition coefficient (Wildman–Crippen LogP) is 2.66. The van der Waals surface area contributed by atoms with Gasteiger partial charge < -0.3 is 9.73 Å². The summed E-state index contributed by atoms with van der Waals surface area (Å²) in [6, 6.07) is 2.23. The van der Waals surface area contributed by atoms with Crippen molar-refractivity contribution in [2.75, 3.05) is 6.54 Å². The lowest BCUT2D eigenvalue weighted by atomic mass is 10.0. The topological polar surface area (TPSA) is 43.0 Å². The fourth-order valence-electron chi connectivity index (χ4n) is 2.18. The van der Waals surface area contributed by atoms with Crippen LogP contribution in [0.15, 0.2) is 29.1 Å². The first kappa shape index (κ1) is 12.9. The van der Waals surface area contributed by atoms with Crippen molar-refractivity contribution in [2.24, 2.45) is 7.05 Å². The predicted molar refractivity (Wildman–Crippen MR) is 71.4 cm³/mol. The van der Waals surface area contributed by atoms with Gasteiger partial charge in [-0.1, -0.05) is 13.8 Å². The Labute approximate surface area is 108 Å². The Morgan fingerprint density at radius 3 is 2.89 bits per heavy atom. The lowest BCUT2D eigenvalue weighted by molar-refractivity contribution is 0.500. The molecule has 0 spiro atoms. The van der Waals surface area contributed by atoms with E-state index in [1.807, 2.05) is 17.9 Å². The van der Waals surface area contributed by atoms with E-state index in [9.17, 15) is 0 Å². The quantitative estimate of drug-likeness (QED) is 0.853. The molecule has 0 saturated carbocycles. The van der Waals surface area contributed by atoms with E-state index in [4.69, 9.17) is 4.42 Å². The number of nitrogens with one attached hydrogen (secondary N) is 1. The fourth-order valence-corrected chi connectivity index (χ4v) is 2.18. The van der Waals surface area contributed by atoms with Crippen LogP contribution in [0.3, 0.4) is 0 Å². The summed E-state index contributed by atoms with van der Waals surface area (Å²) in [6.45, 7) is 5.26. The summed E-state index contributed by atoms with van der Waals surface area (Å²) in [5.41, 5.74) is 2.40. The lowest BCUT2D eigenvalue weighted by Gasteiger charge is -2.17. The Morgan fingerprint density at radius 2 is 2.28 bits per heavy atom. The largest absolute Gasteiger partial charge is 0.469 e. The monoisotopic (exact) mass is 247 g/mol. The highest BCUT2D eigenvalue weighted by Crippen LogP contribution is 2.26. The standard InChI is InChI=1S/C14H21N3O/c1-4-7-15-14(11-9-16-17(3)10-11)12-6-8-18-13(12)5-2/h6,8-10,14-15H,4-5,7H2,1-3H3. The molecule has 4 heteroatoms. The van der Waals surface area contributed by atoms with Gasteiger partial charge in [0.05, 0.1) is 18.5 Å². The van der Waals surface area contributed by atoms with Crippen LogP contribution < -0.4 is 5.32 Å². The molecule has 1 atom stereocenters. The smallest absolute Gasteiger partial charge is 0.108 e. The Morgan fingerprint density at radius 1 is 1.44 bits per heavy atom. The van der Waals surface area contributed by atoms with Gasteiger partial charge in [0.25, 0.3) is 0 Å². The second-order valence-electron chi connectivity index (χ2n) is 4.49. The van der Waals surface area contributed by atoms with Crippen molar-refractivity contribution >= 4 is 0 Å². The molecule has 0 bridgehead atoms. The molecule has 2 aromatic heterocycles. The molecule has 98 valence electrons. The number of rotatable bonds is 6. The Balaban J connectivity index is 2.30. The van der Waals surface area contributed by atoms with E-state index in [1.54, 1.807) is 6.26 Å². The molecule has 1 N–H and O–H groups in total. The molecule has 18 heavy (non-hydrogen) atoms. The molecule has 0 radical (unpaired) electrons. The minimum Gasteiger partial charge on any atom is -0.469 e. The maximum atomic E-state index is 5.54. The van der Waals surface area contributed by atoms with E-state index in [0.29, 0.717) is 0 Å². The van der Waals surface area contributed by atoms with Crippen molar-refractivity contribution in [3.05, 3.63) is 41.6 Å². The van der Waals surface area contributed by atoms with Crippen LogP contribution in [0.2, 0.25) is 0 Å². The molecule has 0 saturated heterocycles. The zero-order valence-electron chi connectivity index (χ0n) is 11.3. The van der Waals surface area contributed by atoms with Gasteiger partial charge in [-0.05, 0) is 19.0 Å². The molecule has 4 nitrogen and oxygen atoms in total. The summed E-state index contributed by atoms with van der Waals surface area (Å²) in [5.74, 6) is 1.05. The van der Waals surface area contributed by atoms with E-state index in [0.717, 1.165) is 25.1 Å². The average molecular weight is 247 g/mol. The van der Waals surface area contributed by atoms with Gasteiger partial charge in [0.1, 0.15) is 5.76 Å². The van der Waals surface area contributed by atoms with Gasteiger partial charge in [-0.2, -0.15) is 5.10 Å². The Hall–Kier alpha value is -1.55. The first-order chi connectivity index (χ1) is 8.76. The van der Waals surface area contributed by atoms with Gasteiger partial charge in [-0.25, -0.2) is 0 Å². The number of furan rings is 1. The normalized spacial score (nSPS) is 12.8. The SMILES string of the molecule is CCCNC(c1cnn(C)c1)c1ccoc1CC. The van der Waals surface area contributed by atoms with Crippen LogP contribution in [-0.2, 0) is 13.5 Å². The maximum absolute atomic E-state index is 5.54. The van der Waals surface area contributed by atoms with E-state index < -0.39 is 0 Å². The van der Waals surface area contributed by atoms with Crippen LogP contribution in [0, 0.1) is 0 Å². The van der Waals surface area contributed by atoms with Crippen molar-refractivity contribution in [1.29, 1.82) is 0 Å². The number of hydrogen-bond donors (Lipinski definition) is 1. The van der Waals surface area contributed by atoms with Crippen molar-refractivity contribution in [3.63, 3.8) is 0 Å². The third-order valence-corrected chi connectivity index (χ3v) is 3.07. The van der Waals surface area contributed by atoms with Crippen molar-refractivity contribution < 1.29 is 4.42 Å². The van der Waals surface area contributed by atoms with Crippen LogP contribution in [0.1, 0.15) is 43.2 Å². The molecular formula is C14H21N3O. The lowest BCUT2D eigenvalue weighted by Crippen LogP contribution is -2.23. The minimum atomic E-state index is 0.173. The molecule has 0 aliphatic carbocycles. The second kappa shape index (κ2) is 5.87. The summed E-state index contributed by atoms with van der Waals surface area (Å²) >= 11 is 0. The Bertz CT molecular complexity index is 487. The fraction of sp³-hybridized carbons (Fsp3) is 0.500. The first-order valence-corrected chi connectivity index (χ1v) is 6.54. The summed E-state index contributed by atoms with van der Waals surface area (Å²) < 4.78 is 7.37. The molecule has 2 aromatic rings. The zero-order valence-corrected chi connectivity index (χ0v) is 11.3. The summed E-state index contributed by atoms with van der Waals surface area (Å²) in [5, 5.41) is 7.82. The van der Waals surface area contributed by atoms with Gasteiger partial charge in [0.2, 0.25) is 0 Å². The van der Waals surface area contributed by atoms with E-state index in [-0.39, 0.29) is 6.04 Å². The molecule has 1 unspecified atom stereocenters. The molecule has 0 amide bonds. The molecular weight excluding hydrogens is 226 g/mol. The van der Waals surface area contributed by atoms with Gasteiger partial charge in [-0.15, -0.1) is 0 Å². The third kappa shape index (κ3) is 2.64. The van der Waals surface area contributed by atoms with Crippen molar-refractivity contribution in [1.82, 2.24) is 15.1 Å². The van der Waals surface area contributed by atoms with Crippen LogP contribution in [0.4, 0.5) is 0 Å². The van der Waals surface area contributed by atoms with Crippen LogP contribution >= 0.6 is 0 Å². The summed E-state index contributed by atoms with van der Waals surface area (Å²) in [6.07, 6.45) is 7.76. The number of aryl methyl sites for hydroxylation is 2. The molecule has 0 fully saturated rings. The highest BCUT2D eigenvalue weighted by Gasteiger charge is 2.19. The zero-order chi connectivity index (χ0) is 13.0. The van der Waals surface area contributed by atoms with Crippen LogP contribution in [0.25, 0.3) is 0 Å². The average Bonchev–Trinajstić information content (AvgIpc) is 2.99. The number of aromatic nitrogens is 2. The molecule has 2 heterocycles. The highest BCUT2D eigenvalue weighted by atomic mass is 16.3. The maximum Gasteiger partial charge on any atom is 0.108 e. The summed E-state index contributed by atoms with van der Waals surface area (Å²) in [7, 11) is 1.94. The van der Waals surface area contributed by atoms with Gasteiger partial charge in [0, 0.05) is 30.8 Å². The molecule has 0 aliphatic heterocycles. The van der Waals surface area contributed by atoms with E-state index in [2.05, 4.69) is 36.5 Å². The van der Waals surface area contributed by atoms with Crippen LogP contribution in [0.5, 0.6) is 0 Å². The van der Waals surface area contributed by atoms with Gasteiger partial charge >= 0.3 is 0 Å². The highest BCUT2D eigenvalue weighted by molar-refractivity contribution is 5.31. The third-order valence-electron chi connectivity index (χ3n) is 3.07. The molecule has 0 aromatic carbocycles. The number of hydrogen-bond acceptors (Lipinski definition) is 3. The van der Waals surface area contributed by atoms with Crippen molar-refractivity contribution in [3.8, 4) is 0 Å². The summed E-state index contributed by atoms with van der Waals surface area (Å²) in [4.78, 5) is 0. The van der Waals surface area contributed by atoms with Gasteiger partial charge in [-0.3, -0.25) is 4.68 Å². The minimum absolute atomic E-state index is 0.173. The van der Waals surface area contributed by atoms with Crippen LogP contribution in [-0.4, -0.2) is 16.3 Å².